The predicted molar refractivity (Wildman–Crippen MR) is 68.3 cm³/mol. The zero-order chi connectivity index (χ0) is 12.1. The van der Waals surface area contributed by atoms with Crippen LogP contribution in [0.5, 0.6) is 0 Å². The molecule has 1 atom stereocenters. The van der Waals surface area contributed by atoms with E-state index >= 15 is 0 Å². The van der Waals surface area contributed by atoms with Crippen molar-refractivity contribution in [3.05, 3.63) is 5.69 Å². The highest BCUT2D eigenvalue weighted by atomic mass is 32.2. The smallest absolute Gasteiger partial charge is 0.254 e. The maximum absolute atomic E-state index is 11.6. The number of hydrogen-bond acceptors (Lipinski definition) is 5. The van der Waals surface area contributed by atoms with Gasteiger partial charge in [0.05, 0.1) is 9.90 Å². The summed E-state index contributed by atoms with van der Waals surface area (Å²) in [5.41, 5.74) is 0.955. The molecule has 0 aliphatic carbocycles. The monoisotopic (exact) mass is 260 g/mol. The number of carbonyl (C=O) groups excluding carboxylic acids is 1. The van der Waals surface area contributed by atoms with Crippen molar-refractivity contribution < 1.29 is 9.53 Å². The third-order valence-corrected chi connectivity index (χ3v) is 4.24. The number of nitrogens with zero attached hydrogens (tertiary/aromatic N) is 1. The fraction of sp³-hybridized carbons (Fsp3) is 0.600. The van der Waals surface area contributed by atoms with E-state index in [1.165, 1.54) is 11.3 Å². The summed E-state index contributed by atoms with van der Waals surface area (Å²) in [5.74, 6) is -0.150. The van der Waals surface area contributed by atoms with Crippen molar-refractivity contribution in [3.8, 4) is 0 Å². The van der Waals surface area contributed by atoms with Gasteiger partial charge in [0, 0.05) is 6.61 Å². The molecule has 0 aliphatic heterocycles. The highest BCUT2D eigenvalue weighted by molar-refractivity contribution is 8.00. The van der Waals surface area contributed by atoms with E-state index in [-0.39, 0.29) is 5.91 Å². The summed E-state index contributed by atoms with van der Waals surface area (Å²) in [7, 11) is 0. The van der Waals surface area contributed by atoms with Gasteiger partial charge in [-0.25, -0.2) is 4.98 Å². The number of aryl methyl sites for hydroxylation is 1. The number of thiazole rings is 1. The Morgan fingerprint density at radius 2 is 2.38 bits per heavy atom. The van der Waals surface area contributed by atoms with E-state index in [2.05, 4.69) is 10.3 Å². The highest BCUT2D eigenvalue weighted by Gasteiger charge is 2.15. The molecule has 0 spiro atoms. The van der Waals surface area contributed by atoms with E-state index < -0.39 is 6.10 Å². The van der Waals surface area contributed by atoms with Crippen LogP contribution in [0.2, 0.25) is 0 Å². The van der Waals surface area contributed by atoms with E-state index in [0.717, 1.165) is 9.90 Å². The summed E-state index contributed by atoms with van der Waals surface area (Å²) in [6, 6.07) is 0. The number of nitrogens with one attached hydrogen (secondary N) is 1. The normalized spacial score (nSPS) is 12.5. The Labute approximate surface area is 104 Å². The maximum Gasteiger partial charge on any atom is 0.254 e. The van der Waals surface area contributed by atoms with Gasteiger partial charge in [-0.1, -0.05) is 11.3 Å². The molecule has 4 nitrogen and oxygen atoms in total. The van der Waals surface area contributed by atoms with Gasteiger partial charge in [-0.3, -0.25) is 10.1 Å². The Morgan fingerprint density at radius 1 is 1.69 bits per heavy atom. The first-order chi connectivity index (χ1) is 7.58. The Hall–Kier alpha value is -0.590. The lowest BCUT2D eigenvalue weighted by molar-refractivity contribution is -0.126. The molecule has 1 rings (SSSR count). The lowest BCUT2D eigenvalue weighted by Crippen LogP contribution is -2.27. The summed E-state index contributed by atoms with van der Waals surface area (Å²) >= 11 is 3.12. The number of ether oxygens (including phenoxy) is 1. The predicted octanol–water partition coefficient (Wildman–Crippen LogP) is 2.54. The molecule has 1 aromatic heterocycles. The van der Waals surface area contributed by atoms with Crippen molar-refractivity contribution in [3.63, 3.8) is 0 Å². The van der Waals surface area contributed by atoms with Crippen LogP contribution in [0, 0.1) is 6.92 Å². The van der Waals surface area contributed by atoms with Crippen molar-refractivity contribution in [1.82, 2.24) is 4.98 Å². The first kappa shape index (κ1) is 13.5. The lowest BCUT2D eigenvalue weighted by atomic mass is 10.4. The molecule has 0 aliphatic rings. The van der Waals surface area contributed by atoms with E-state index in [1.54, 1.807) is 18.7 Å². The summed E-state index contributed by atoms with van der Waals surface area (Å²) in [6.45, 7) is 6.06. The maximum atomic E-state index is 11.6. The number of hydrogen-bond donors (Lipinski definition) is 1. The Balaban J connectivity index is 2.62. The minimum absolute atomic E-state index is 0.150. The van der Waals surface area contributed by atoms with Crippen molar-refractivity contribution >= 4 is 34.1 Å². The van der Waals surface area contributed by atoms with Gasteiger partial charge in [0.25, 0.3) is 5.91 Å². The van der Waals surface area contributed by atoms with Crippen LogP contribution in [0.25, 0.3) is 0 Å². The van der Waals surface area contributed by atoms with Crippen molar-refractivity contribution in [2.24, 2.45) is 0 Å². The minimum Gasteiger partial charge on any atom is -0.369 e. The second kappa shape index (κ2) is 6.22. The number of anilines is 1. The molecule has 0 radical (unpaired) electrons. The molecule has 1 heterocycles. The van der Waals surface area contributed by atoms with Gasteiger partial charge in [-0.05, 0) is 27.0 Å². The molecule has 0 saturated carbocycles. The molecule has 0 saturated heterocycles. The summed E-state index contributed by atoms with van der Waals surface area (Å²) in [6.07, 6.45) is 1.56. The minimum atomic E-state index is -0.438. The van der Waals surface area contributed by atoms with Crippen molar-refractivity contribution in [2.45, 2.75) is 31.1 Å². The molecule has 0 aromatic carbocycles. The Bertz CT molecular complexity index is 366. The Morgan fingerprint density at radius 3 is 2.88 bits per heavy atom. The average Bonchev–Trinajstić information content (AvgIpc) is 2.59. The van der Waals surface area contributed by atoms with E-state index in [9.17, 15) is 4.79 Å². The molecule has 0 fully saturated rings. The second-order valence-corrected chi connectivity index (χ2v) is 5.26. The molecule has 1 aromatic rings. The van der Waals surface area contributed by atoms with Crippen LogP contribution in [0.15, 0.2) is 4.21 Å². The van der Waals surface area contributed by atoms with Crippen molar-refractivity contribution in [1.29, 1.82) is 0 Å². The van der Waals surface area contributed by atoms with Crippen LogP contribution >= 0.6 is 23.1 Å². The first-order valence-electron chi connectivity index (χ1n) is 5.02. The zero-order valence-corrected chi connectivity index (χ0v) is 11.5. The van der Waals surface area contributed by atoms with Gasteiger partial charge in [0.2, 0.25) is 0 Å². The number of rotatable bonds is 5. The Kier molecular flexibility index (Phi) is 5.24. The van der Waals surface area contributed by atoms with Gasteiger partial charge < -0.3 is 4.74 Å². The third kappa shape index (κ3) is 3.47. The third-order valence-electron chi connectivity index (χ3n) is 1.96. The number of thioether (sulfide) groups is 1. The molecule has 1 amide bonds. The quantitative estimate of drug-likeness (QED) is 0.827. The average molecular weight is 260 g/mol. The standard InChI is InChI=1S/C10H16N2O2S2/c1-5-14-7(3)8(13)12-10-11-6(2)9(15-4)16-10/h7H,5H2,1-4H3,(H,11,12,13). The van der Waals surface area contributed by atoms with Gasteiger partial charge >= 0.3 is 0 Å². The molecule has 1 unspecified atom stereocenters. The summed E-state index contributed by atoms with van der Waals surface area (Å²) < 4.78 is 6.32. The van der Waals surface area contributed by atoms with E-state index in [1.807, 2.05) is 20.1 Å². The molecule has 0 bridgehead atoms. The van der Waals surface area contributed by atoms with Crippen LogP contribution in [-0.4, -0.2) is 29.9 Å². The first-order valence-corrected chi connectivity index (χ1v) is 7.06. The van der Waals surface area contributed by atoms with Crippen LogP contribution in [0.1, 0.15) is 19.5 Å². The molecule has 1 N–H and O–H groups in total. The largest absolute Gasteiger partial charge is 0.369 e. The van der Waals surface area contributed by atoms with Gasteiger partial charge in [0.1, 0.15) is 6.10 Å². The topological polar surface area (TPSA) is 51.2 Å². The fourth-order valence-corrected chi connectivity index (χ4v) is 2.77. The fourth-order valence-electron chi connectivity index (χ4n) is 1.16. The summed E-state index contributed by atoms with van der Waals surface area (Å²) in [5, 5.41) is 3.39. The van der Waals surface area contributed by atoms with Crippen LogP contribution in [0.4, 0.5) is 5.13 Å². The number of amides is 1. The molecule has 16 heavy (non-hydrogen) atoms. The highest BCUT2D eigenvalue weighted by Crippen LogP contribution is 2.30. The second-order valence-electron chi connectivity index (χ2n) is 3.18. The number of carbonyl (C=O) groups is 1. The summed E-state index contributed by atoms with van der Waals surface area (Å²) in [4.78, 5) is 15.9. The van der Waals surface area contributed by atoms with E-state index in [0.29, 0.717) is 11.7 Å². The number of aromatic nitrogens is 1. The van der Waals surface area contributed by atoms with Gasteiger partial charge in [-0.15, -0.1) is 11.8 Å². The molecule has 90 valence electrons. The van der Waals surface area contributed by atoms with E-state index in [4.69, 9.17) is 4.74 Å². The van der Waals surface area contributed by atoms with Gasteiger partial charge in [-0.2, -0.15) is 0 Å². The molecular weight excluding hydrogens is 244 g/mol. The van der Waals surface area contributed by atoms with Crippen LogP contribution in [0.3, 0.4) is 0 Å². The van der Waals surface area contributed by atoms with Crippen LogP contribution < -0.4 is 5.32 Å². The molecular formula is C10H16N2O2S2. The van der Waals surface area contributed by atoms with Crippen LogP contribution in [-0.2, 0) is 9.53 Å². The SMILES string of the molecule is CCOC(C)C(=O)Nc1nc(C)c(SC)s1. The van der Waals surface area contributed by atoms with Gasteiger partial charge in [0.15, 0.2) is 5.13 Å². The zero-order valence-electron chi connectivity index (χ0n) is 9.86. The molecule has 6 heteroatoms. The van der Waals surface area contributed by atoms with Crippen molar-refractivity contribution in [2.75, 3.05) is 18.2 Å². The lowest BCUT2D eigenvalue weighted by Gasteiger charge is -2.09.